The first-order valence-electron chi connectivity index (χ1n) is 9.51. The predicted molar refractivity (Wildman–Crippen MR) is 110 cm³/mol. The summed E-state index contributed by atoms with van der Waals surface area (Å²) in [5.74, 6) is 4.79. The molecular weight excluding hydrogens is 367 g/mol. The maximum Gasteiger partial charge on any atom is 0.231 e. The van der Waals surface area contributed by atoms with E-state index in [0.717, 1.165) is 22.6 Å². The quantitative estimate of drug-likeness (QED) is 0.489. The molecule has 0 aliphatic carbocycles. The molecule has 4 heteroatoms. The fraction of sp³-hybridized carbons (Fsp3) is 0.200. The molecule has 0 N–H and O–H groups in total. The Hall–Kier alpha value is -3.45. The summed E-state index contributed by atoms with van der Waals surface area (Å²) in [5.41, 5.74) is 1.97. The molecule has 0 bridgehead atoms. The van der Waals surface area contributed by atoms with E-state index in [9.17, 15) is 4.39 Å². The molecule has 1 aliphatic rings. The molecule has 2 atom stereocenters. The van der Waals surface area contributed by atoms with E-state index >= 15 is 0 Å². The van der Waals surface area contributed by atoms with Gasteiger partial charge in [-0.05, 0) is 59.9 Å². The van der Waals surface area contributed by atoms with Crippen molar-refractivity contribution in [3.8, 4) is 35.3 Å². The van der Waals surface area contributed by atoms with Gasteiger partial charge in [0.25, 0.3) is 0 Å². The molecule has 2 unspecified atom stereocenters. The van der Waals surface area contributed by atoms with Crippen molar-refractivity contribution in [2.45, 2.75) is 19.3 Å². The summed E-state index contributed by atoms with van der Waals surface area (Å²) in [5, 5.41) is 0. The van der Waals surface area contributed by atoms with Crippen molar-refractivity contribution in [2.24, 2.45) is 5.92 Å². The monoisotopic (exact) mass is 388 g/mol. The molecule has 0 amide bonds. The molecule has 0 radical (unpaired) electrons. The number of hydrogen-bond donors (Lipinski definition) is 0. The smallest absolute Gasteiger partial charge is 0.231 e. The molecule has 4 rings (SSSR count). The number of hydrogen-bond acceptors (Lipinski definition) is 3. The maximum absolute atomic E-state index is 14.2. The van der Waals surface area contributed by atoms with Crippen molar-refractivity contribution in [2.75, 3.05) is 6.79 Å². The second-order valence-corrected chi connectivity index (χ2v) is 7.12. The maximum atomic E-state index is 14.2. The molecular formula is C25H21FO3. The molecule has 0 spiro atoms. The fourth-order valence-electron chi connectivity index (χ4n) is 3.55. The van der Waals surface area contributed by atoms with Gasteiger partial charge in [-0.1, -0.05) is 43.2 Å². The fourth-order valence-corrected chi connectivity index (χ4v) is 3.55. The highest BCUT2D eigenvalue weighted by molar-refractivity contribution is 5.47. The molecule has 1 heterocycles. The largest absolute Gasteiger partial charge is 0.454 e. The van der Waals surface area contributed by atoms with Crippen LogP contribution in [0.3, 0.4) is 0 Å². The van der Waals surface area contributed by atoms with E-state index in [-0.39, 0.29) is 24.4 Å². The van der Waals surface area contributed by atoms with Gasteiger partial charge < -0.3 is 14.2 Å². The highest BCUT2D eigenvalue weighted by Crippen LogP contribution is 2.37. The number of benzene rings is 3. The number of terminal acetylenes is 1. The minimum absolute atomic E-state index is 0.104. The summed E-state index contributed by atoms with van der Waals surface area (Å²) in [6.45, 7) is 2.32. The Morgan fingerprint density at radius 3 is 2.62 bits per heavy atom. The van der Waals surface area contributed by atoms with Crippen LogP contribution >= 0.6 is 0 Å². The first-order chi connectivity index (χ1) is 14.1. The second kappa shape index (κ2) is 8.28. The van der Waals surface area contributed by atoms with Crippen LogP contribution in [0, 0.1) is 24.1 Å². The topological polar surface area (TPSA) is 27.7 Å². The van der Waals surface area contributed by atoms with Crippen molar-refractivity contribution < 1.29 is 18.6 Å². The lowest BCUT2D eigenvalue weighted by molar-refractivity contribution is 0.174. The van der Waals surface area contributed by atoms with Gasteiger partial charge in [-0.15, -0.1) is 6.42 Å². The molecule has 3 nitrogen and oxygen atoms in total. The highest BCUT2D eigenvalue weighted by atomic mass is 19.1. The molecule has 0 saturated heterocycles. The van der Waals surface area contributed by atoms with Crippen LogP contribution in [0.25, 0.3) is 0 Å². The van der Waals surface area contributed by atoms with Crippen molar-refractivity contribution in [3.63, 3.8) is 0 Å². The average molecular weight is 388 g/mol. The molecule has 0 fully saturated rings. The summed E-state index contributed by atoms with van der Waals surface area (Å²) in [7, 11) is 0. The third-order valence-corrected chi connectivity index (χ3v) is 5.03. The van der Waals surface area contributed by atoms with Crippen LogP contribution in [0.4, 0.5) is 4.39 Å². The van der Waals surface area contributed by atoms with Gasteiger partial charge >= 0.3 is 0 Å². The number of rotatable bonds is 6. The zero-order chi connectivity index (χ0) is 20.2. The Bertz CT molecular complexity index is 1040. The van der Waals surface area contributed by atoms with E-state index in [2.05, 4.69) is 12.8 Å². The van der Waals surface area contributed by atoms with Crippen LogP contribution in [-0.4, -0.2) is 6.79 Å². The van der Waals surface area contributed by atoms with Gasteiger partial charge in [-0.3, -0.25) is 0 Å². The lowest BCUT2D eigenvalue weighted by Crippen LogP contribution is -2.11. The number of para-hydroxylation sites is 1. The van der Waals surface area contributed by atoms with Crippen LogP contribution < -0.4 is 14.2 Å². The number of ether oxygens (including phenoxy) is 3. The standard InChI is InChI=1S/C25H21FO3/c1-3-21(19-10-12-23-25(15-19)28-16-27-23)17(2)13-18-9-11-22(26)24(14-18)29-20-7-5-4-6-8-20/h1,4-12,14-15,17,21H,13,16H2,2H3. The SMILES string of the molecule is C#CC(c1ccc2c(c1)OCO2)C(C)Cc1ccc(F)c(Oc2ccccc2)c1. The summed E-state index contributed by atoms with van der Waals surface area (Å²) in [4.78, 5) is 0. The van der Waals surface area contributed by atoms with Gasteiger partial charge in [0.2, 0.25) is 6.79 Å². The normalized spacial score (nSPS) is 14.1. The summed E-state index contributed by atoms with van der Waals surface area (Å²) < 4.78 is 30.8. The van der Waals surface area contributed by atoms with Crippen molar-refractivity contribution in [1.82, 2.24) is 0 Å². The molecule has 0 aromatic heterocycles. The predicted octanol–water partition coefficient (Wildman–Crippen LogP) is 5.94. The Balaban J connectivity index is 1.52. The molecule has 3 aromatic rings. The zero-order valence-electron chi connectivity index (χ0n) is 16.1. The second-order valence-electron chi connectivity index (χ2n) is 7.12. The van der Waals surface area contributed by atoms with E-state index in [1.165, 1.54) is 6.07 Å². The Labute approximate surface area is 170 Å². The molecule has 146 valence electrons. The van der Waals surface area contributed by atoms with Crippen LogP contribution in [0.2, 0.25) is 0 Å². The summed E-state index contributed by atoms with van der Waals surface area (Å²) >= 11 is 0. The van der Waals surface area contributed by atoms with Gasteiger partial charge in [0.1, 0.15) is 5.75 Å². The van der Waals surface area contributed by atoms with Crippen molar-refractivity contribution >= 4 is 0 Å². The average Bonchev–Trinajstić information content (AvgIpc) is 3.20. The van der Waals surface area contributed by atoms with Gasteiger partial charge in [0.05, 0.1) is 0 Å². The minimum atomic E-state index is -0.394. The van der Waals surface area contributed by atoms with E-state index in [4.69, 9.17) is 20.6 Å². The van der Waals surface area contributed by atoms with Crippen LogP contribution in [0.15, 0.2) is 66.7 Å². The highest BCUT2D eigenvalue weighted by Gasteiger charge is 2.22. The Morgan fingerprint density at radius 1 is 1.03 bits per heavy atom. The Kier molecular flexibility index (Phi) is 5.39. The number of halogens is 1. The molecule has 3 aromatic carbocycles. The van der Waals surface area contributed by atoms with Gasteiger partial charge in [-0.25, -0.2) is 4.39 Å². The van der Waals surface area contributed by atoms with E-state index in [1.807, 2.05) is 36.4 Å². The van der Waals surface area contributed by atoms with Crippen LogP contribution in [0.5, 0.6) is 23.0 Å². The van der Waals surface area contributed by atoms with Gasteiger partial charge in [0.15, 0.2) is 23.1 Å². The van der Waals surface area contributed by atoms with E-state index in [1.54, 1.807) is 24.3 Å². The van der Waals surface area contributed by atoms with Gasteiger partial charge in [-0.2, -0.15) is 0 Å². The van der Waals surface area contributed by atoms with Crippen molar-refractivity contribution in [1.29, 1.82) is 0 Å². The molecule has 1 aliphatic heterocycles. The van der Waals surface area contributed by atoms with E-state index < -0.39 is 5.82 Å². The van der Waals surface area contributed by atoms with Gasteiger partial charge in [0, 0.05) is 5.92 Å². The summed E-state index contributed by atoms with van der Waals surface area (Å²) in [6, 6.07) is 19.9. The van der Waals surface area contributed by atoms with E-state index in [0.29, 0.717) is 12.2 Å². The molecule has 0 saturated carbocycles. The third kappa shape index (κ3) is 4.20. The first-order valence-corrected chi connectivity index (χ1v) is 9.51. The van der Waals surface area contributed by atoms with Crippen LogP contribution in [0.1, 0.15) is 24.0 Å². The third-order valence-electron chi connectivity index (χ3n) is 5.03. The lowest BCUT2D eigenvalue weighted by atomic mass is 9.84. The lowest BCUT2D eigenvalue weighted by Gasteiger charge is -2.20. The number of fused-ring (bicyclic) bond motifs is 1. The summed E-state index contributed by atoms with van der Waals surface area (Å²) in [6.07, 6.45) is 6.54. The van der Waals surface area contributed by atoms with Crippen molar-refractivity contribution in [3.05, 3.63) is 83.7 Å². The molecule has 29 heavy (non-hydrogen) atoms. The van der Waals surface area contributed by atoms with Crippen LogP contribution in [-0.2, 0) is 6.42 Å². The first kappa shape index (κ1) is 18.9. The minimum Gasteiger partial charge on any atom is -0.454 e. The zero-order valence-corrected chi connectivity index (χ0v) is 16.1. The Morgan fingerprint density at radius 2 is 1.83 bits per heavy atom.